The Morgan fingerprint density at radius 3 is 2.19 bits per heavy atom. The van der Waals surface area contributed by atoms with Crippen LogP contribution in [0, 0.1) is 10.5 Å². The molecule has 0 aliphatic carbocycles. The highest BCUT2D eigenvalue weighted by atomic mass is 127. The fourth-order valence-corrected chi connectivity index (χ4v) is 3.86. The molecule has 3 rings (SSSR count). The van der Waals surface area contributed by atoms with Crippen LogP contribution in [-0.4, -0.2) is 41.9 Å². The normalized spacial score (nSPS) is 15.2. The molecule has 1 heterocycles. The summed E-state index contributed by atoms with van der Waals surface area (Å²) in [7, 11) is 2.16. The van der Waals surface area contributed by atoms with E-state index in [1.165, 1.54) is 14.7 Å². The first-order valence-electron chi connectivity index (χ1n) is 9.29. The van der Waals surface area contributed by atoms with Crippen molar-refractivity contribution in [1.29, 1.82) is 0 Å². The number of benzene rings is 2. The highest BCUT2D eigenvalue weighted by molar-refractivity contribution is 14.1. The van der Waals surface area contributed by atoms with Gasteiger partial charge in [-0.25, -0.2) is 0 Å². The van der Waals surface area contributed by atoms with Crippen LogP contribution in [0.1, 0.15) is 29.5 Å². The monoisotopic (exact) mass is 498 g/mol. The minimum absolute atomic E-state index is 0. The summed E-state index contributed by atoms with van der Waals surface area (Å²) in [5.41, 5.74) is 3.56. The van der Waals surface area contributed by atoms with E-state index in [2.05, 4.69) is 94.9 Å². The van der Waals surface area contributed by atoms with Gasteiger partial charge in [0.25, 0.3) is 0 Å². The smallest absolute Gasteiger partial charge is 0.227 e. The van der Waals surface area contributed by atoms with Crippen molar-refractivity contribution in [2.75, 3.05) is 20.1 Å². The molecule has 27 heavy (non-hydrogen) atoms. The largest absolute Gasteiger partial charge is 0.335 e. The Morgan fingerprint density at radius 2 is 1.59 bits per heavy atom. The SMILES string of the molecule is Cc1ccc(CN(C(=O)Cc2ccc(I)cc2)C2CCN(C)CC2)cc1.Cl. The molecule has 0 atom stereocenters. The maximum atomic E-state index is 13.2. The molecule has 1 aliphatic heterocycles. The molecule has 0 radical (unpaired) electrons. The van der Waals surface area contributed by atoms with Crippen molar-refractivity contribution in [1.82, 2.24) is 9.80 Å². The molecule has 0 spiro atoms. The molecule has 0 bridgehead atoms. The minimum atomic E-state index is 0. The summed E-state index contributed by atoms with van der Waals surface area (Å²) in [4.78, 5) is 17.6. The first-order chi connectivity index (χ1) is 12.5. The fourth-order valence-electron chi connectivity index (χ4n) is 3.50. The minimum Gasteiger partial charge on any atom is -0.335 e. The lowest BCUT2D eigenvalue weighted by Crippen LogP contribution is -2.46. The number of carbonyl (C=O) groups is 1. The van der Waals surface area contributed by atoms with E-state index in [9.17, 15) is 4.79 Å². The van der Waals surface area contributed by atoms with Gasteiger partial charge in [0.15, 0.2) is 0 Å². The summed E-state index contributed by atoms with van der Waals surface area (Å²) in [6.07, 6.45) is 2.59. The highest BCUT2D eigenvalue weighted by Gasteiger charge is 2.27. The van der Waals surface area contributed by atoms with Crippen LogP contribution >= 0.6 is 35.0 Å². The molecule has 5 heteroatoms. The molecule has 1 aliphatic rings. The summed E-state index contributed by atoms with van der Waals surface area (Å²) < 4.78 is 1.20. The van der Waals surface area contributed by atoms with Gasteiger partial charge in [0, 0.05) is 16.2 Å². The lowest BCUT2D eigenvalue weighted by atomic mass is 10.0. The van der Waals surface area contributed by atoms with Crippen molar-refractivity contribution in [3.63, 3.8) is 0 Å². The van der Waals surface area contributed by atoms with Crippen LogP contribution in [-0.2, 0) is 17.8 Å². The van der Waals surface area contributed by atoms with Gasteiger partial charge >= 0.3 is 0 Å². The first kappa shape index (κ1) is 22.2. The second-order valence-corrected chi connectivity index (χ2v) is 8.59. The molecular weight excluding hydrogens is 471 g/mol. The van der Waals surface area contributed by atoms with Gasteiger partial charge < -0.3 is 9.80 Å². The maximum absolute atomic E-state index is 13.2. The Labute approximate surface area is 182 Å². The van der Waals surface area contributed by atoms with E-state index in [-0.39, 0.29) is 18.3 Å². The zero-order valence-corrected chi connectivity index (χ0v) is 19.0. The van der Waals surface area contributed by atoms with Crippen LogP contribution in [0.3, 0.4) is 0 Å². The zero-order chi connectivity index (χ0) is 18.5. The third kappa shape index (κ3) is 6.47. The third-order valence-electron chi connectivity index (χ3n) is 5.19. The van der Waals surface area contributed by atoms with E-state index in [0.717, 1.165) is 31.5 Å². The molecule has 2 aromatic carbocycles. The van der Waals surface area contributed by atoms with Gasteiger partial charge in [-0.2, -0.15) is 0 Å². The highest BCUT2D eigenvalue weighted by Crippen LogP contribution is 2.20. The number of rotatable bonds is 5. The number of hydrogen-bond acceptors (Lipinski definition) is 2. The molecule has 146 valence electrons. The summed E-state index contributed by atoms with van der Waals surface area (Å²) >= 11 is 2.30. The Morgan fingerprint density at radius 1 is 1.04 bits per heavy atom. The Balaban J connectivity index is 0.00000261. The number of likely N-dealkylation sites (tertiary alicyclic amines) is 1. The third-order valence-corrected chi connectivity index (χ3v) is 5.91. The molecule has 1 fully saturated rings. The lowest BCUT2D eigenvalue weighted by molar-refractivity contribution is -0.134. The van der Waals surface area contributed by atoms with Gasteiger partial charge in [-0.05, 0) is 85.8 Å². The number of amides is 1. The molecule has 0 aromatic heterocycles. The van der Waals surface area contributed by atoms with Crippen LogP contribution in [0.4, 0.5) is 0 Å². The van der Waals surface area contributed by atoms with Gasteiger partial charge in [0.1, 0.15) is 0 Å². The summed E-state index contributed by atoms with van der Waals surface area (Å²) in [6.45, 7) is 4.93. The van der Waals surface area contributed by atoms with Crippen LogP contribution in [0.5, 0.6) is 0 Å². The van der Waals surface area contributed by atoms with Crippen LogP contribution in [0.15, 0.2) is 48.5 Å². The predicted octanol–water partition coefficient (Wildman–Crippen LogP) is 4.69. The summed E-state index contributed by atoms with van der Waals surface area (Å²) in [5.74, 6) is 0.237. The van der Waals surface area contributed by atoms with E-state index in [0.29, 0.717) is 19.0 Å². The predicted molar refractivity (Wildman–Crippen MR) is 122 cm³/mol. The van der Waals surface area contributed by atoms with E-state index >= 15 is 0 Å². The van der Waals surface area contributed by atoms with Crippen molar-refractivity contribution in [3.05, 3.63) is 68.8 Å². The Bertz CT molecular complexity index is 725. The van der Waals surface area contributed by atoms with Gasteiger partial charge in [-0.15, -0.1) is 12.4 Å². The van der Waals surface area contributed by atoms with E-state index < -0.39 is 0 Å². The van der Waals surface area contributed by atoms with Crippen molar-refractivity contribution >= 4 is 40.9 Å². The van der Waals surface area contributed by atoms with Crippen LogP contribution in [0.2, 0.25) is 0 Å². The van der Waals surface area contributed by atoms with Crippen LogP contribution in [0.25, 0.3) is 0 Å². The number of halogens is 2. The number of nitrogens with zero attached hydrogens (tertiary/aromatic N) is 2. The van der Waals surface area contributed by atoms with Crippen LogP contribution < -0.4 is 0 Å². The molecule has 1 saturated heterocycles. The molecule has 0 N–H and O–H groups in total. The Hall–Kier alpha value is -1.11. The average Bonchev–Trinajstić information content (AvgIpc) is 2.64. The fraction of sp³-hybridized carbons (Fsp3) is 0.409. The van der Waals surface area contributed by atoms with Crippen molar-refractivity contribution < 1.29 is 4.79 Å². The van der Waals surface area contributed by atoms with Crippen molar-refractivity contribution in [3.8, 4) is 0 Å². The molecule has 1 amide bonds. The van der Waals surface area contributed by atoms with Crippen molar-refractivity contribution in [2.24, 2.45) is 0 Å². The second kappa shape index (κ2) is 10.4. The number of piperidine rings is 1. The zero-order valence-electron chi connectivity index (χ0n) is 16.0. The Kier molecular flexibility index (Phi) is 8.58. The van der Waals surface area contributed by atoms with Gasteiger partial charge in [0.05, 0.1) is 6.42 Å². The quantitative estimate of drug-likeness (QED) is 0.559. The van der Waals surface area contributed by atoms with Gasteiger partial charge in [0.2, 0.25) is 5.91 Å². The van der Waals surface area contributed by atoms with E-state index in [1.807, 2.05) is 0 Å². The molecule has 3 nitrogen and oxygen atoms in total. The second-order valence-electron chi connectivity index (χ2n) is 7.34. The topological polar surface area (TPSA) is 23.6 Å². The number of carbonyl (C=O) groups excluding carboxylic acids is 1. The molecular formula is C22H28ClIN2O. The molecule has 2 aromatic rings. The van der Waals surface area contributed by atoms with Gasteiger partial charge in [-0.1, -0.05) is 42.0 Å². The number of aryl methyl sites for hydroxylation is 1. The molecule has 0 unspecified atom stereocenters. The maximum Gasteiger partial charge on any atom is 0.227 e. The van der Waals surface area contributed by atoms with Gasteiger partial charge in [-0.3, -0.25) is 4.79 Å². The van der Waals surface area contributed by atoms with E-state index in [4.69, 9.17) is 0 Å². The standard InChI is InChI=1S/C22H27IN2O.ClH/c1-17-3-5-19(6-4-17)16-25(21-11-13-24(2)14-12-21)22(26)15-18-7-9-20(23)10-8-18;/h3-10,21H,11-16H2,1-2H3;1H. The average molecular weight is 499 g/mol. The molecule has 0 saturated carbocycles. The first-order valence-corrected chi connectivity index (χ1v) is 10.4. The summed E-state index contributed by atoms with van der Waals surface area (Å²) in [6, 6.07) is 17.2. The summed E-state index contributed by atoms with van der Waals surface area (Å²) in [5, 5.41) is 0. The van der Waals surface area contributed by atoms with E-state index in [1.54, 1.807) is 0 Å². The lowest BCUT2D eigenvalue weighted by Gasteiger charge is -2.37. The van der Waals surface area contributed by atoms with Crippen molar-refractivity contribution in [2.45, 2.75) is 38.8 Å². The number of hydrogen-bond donors (Lipinski definition) is 0.